The molecular weight excluding hydrogens is 206 g/mol. The summed E-state index contributed by atoms with van der Waals surface area (Å²) in [5, 5.41) is 8.63. The Morgan fingerprint density at radius 3 is 2.31 bits per heavy atom. The first kappa shape index (κ1) is 10.2. The molecule has 1 saturated heterocycles. The van der Waals surface area contributed by atoms with Crippen molar-refractivity contribution >= 4 is 17.6 Å². The van der Waals surface area contributed by atoms with Crippen molar-refractivity contribution in [3.63, 3.8) is 0 Å². The van der Waals surface area contributed by atoms with E-state index in [4.69, 9.17) is 5.26 Å². The van der Waals surface area contributed by atoms with Gasteiger partial charge in [0.25, 0.3) is 5.91 Å². The molecule has 0 radical (unpaired) electrons. The minimum absolute atomic E-state index is 0.0961. The zero-order valence-electron chi connectivity index (χ0n) is 8.67. The molecule has 0 aromatic heterocycles. The molecule has 0 unspecified atom stereocenters. The standard InChI is InChI=1S/C11H9N3O2/c1-13-7-10(15)14(11(13)16)9-4-2-8(6-12)3-5-9/h2-5H,7H2,1H3. The van der Waals surface area contributed by atoms with Gasteiger partial charge in [-0.3, -0.25) is 4.79 Å². The van der Waals surface area contributed by atoms with Gasteiger partial charge in [0.2, 0.25) is 0 Å². The van der Waals surface area contributed by atoms with Gasteiger partial charge in [-0.25, -0.2) is 9.69 Å². The predicted molar refractivity (Wildman–Crippen MR) is 56.7 cm³/mol. The summed E-state index contributed by atoms with van der Waals surface area (Å²) in [5.74, 6) is -0.253. The Kier molecular flexibility index (Phi) is 2.33. The van der Waals surface area contributed by atoms with Crippen molar-refractivity contribution in [2.24, 2.45) is 0 Å². The zero-order valence-corrected chi connectivity index (χ0v) is 8.67. The highest BCUT2D eigenvalue weighted by Crippen LogP contribution is 2.20. The smallest absolute Gasteiger partial charge is 0.318 e. The Morgan fingerprint density at radius 2 is 1.88 bits per heavy atom. The van der Waals surface area contributed by atoms with Crippen LogP contribution >= 0.6 is 0 Å². The van der Waals surface area contributed by atoms with Crippen LogP contribution in [-0.4, -0.2) is 30.4 Å². The first-order valence-electron chi connectivity index (χ1n) is 4.71. The van der Waals surface area contributed by atoms with Gasteiger partial charge in [-0.1, -0.05) is 0 Å². The number of amides is 3. The molecule has 0 N–H and O–H groups in total. The lowest BCUT2D eigenvalue weighted by atomic mass is 10.2. The molecule has 1 fully saturated rings. The number of hydrogen-bond donors (Lipinski definition) is 0. The largest absolute Gasteiger partial charge is 0.331 e. The minimum atomic E-state index is -0.338. The maximum absolute atomic E-state index is 11.6. The first-order chi connectivity index (χ1) is 7.63. The van der Waals surface area contributed by atoms with Gasteiger partial charge in [0.15, 0.2) is 0 Å². The molecular formula is C11H9N3O2. The fraction of sp³-hybridized carbons (Fsp3) is 0.182. The predicted octanol–water partition coefficient (Wildman–Crippen LogP) is 0.957. The molecule has 1 aromatic carbocycles. The van der Waals surface area contributed by atoms with Crippen LogP contribution in [0.15, 0.2) is 24.3 Å². The number of anilines is 1. The van der Waals surface area contributed by atoms with E-state index < -0.39 is 0 Å². The molecule has 0 atom stereocenters. The van der Waals surface area contributed by atoms with Crippen LogP contribution in [0.3, 0.4) is 0 Å². The molecule has 1 aliphatic rings. The highest BCUT2D eigenvalue weighted by Gasteiger charge is 2.34. The molecule has 1 heterocycles. The van der Waals surface area contributed by atoms with Gasteiger partial charge in [0.1, 0.15) is 6.54 Å². The van der Waals surface area contributed by atoms with Crippen molar-refractivity contribution in [3.05, 3.63) is 29.8 Å². The average Bonchev–Trinajstić information content (AvgIpc) is 2.54. The number of urea groups is 1. The molecule has 0 aliphatic carbocycles. The van der Waals surface area contributed by atoms with Gasteiger partial charge in [-0.15, -0.1) is 0 Å². The first-order valence-corrected chi connectivity index (χ1v) is 4.71. The second-order valence-corrected chi connectivity index (χ2v) is 3.53. The average molecular weight is 215 g/mol. The summed E-state index contributed by atoms with van der Waals surface area (Å²) >= 11 is 0. The van der Waals surface area contributed by atoms with Crippen molar-refractivity contribution in [3.8, 4) is 6.07 Å². The molecule has 5 nitrogen and oxygen atoms in total. The number of carbonyl (C=O) groups is 2. The van der Waals surface area contributed by atoms with Gasteiger partial charge < -0.3 is 4.90 Å². The van der Waals surface area contributed by atoms with Crippen LogP contribution in [0, 0.1) is 11.3 Å². The summed E-state index contributed by atoms with van der Waals surface area (Å²) in [6, 6.07) is 7.98. The van der Waals surface area contributed by atoms with Crippen molar-refractivity contribution in [1.82, 2.24) is 4.90 Å². The van der Waals surface area contributed by atoms with E-state index in [9.17, 15) is 9.59 Å². The second-order valence-electron chi connectivity index (χ2n) is 3.53. The Morgan fingerprint density at radius 1 is 1.25 bits per heavy atom. The Bertz CT molecular complexity index is 487. The summed E-state index contributed by atoms with van der Waals surface area (Å²) in [5.41, 5.74) is 0.995. The topological polar surface area (TPSA) is 64.4 Å². The van der Waals surface area contributed by atoms with E-state index in [1.807, 2.05) is 6.07 Å². The number of benzene rings is 1. The highest BCUT2D eigenvalue weighted by atomic mass is 16.2. The third kappa shape index (κ3) is 1.50. The van der Waals surface area contributed by atoms with Gasteiger partial charge in [0.05, 0.1) is 17.3 Å². The van der Waals surface area contributed by atoms with E-state index in [0.717, 1.165) is 4.90 Å². The summed E-state index contributed by atoms with van der Waals surface area (Å²) in [4.78, 5) is 25.6. The quantitative estimate of drug-likeness (QED) is 0.655. The van der Waals surface area contributed by atoms with E-state index in [2.05, 4.69) is 0 Å². The van der Waals surface area contributed by atoms with E-state index in [1.54, 1.807) is 31.3 Å². The van der Waals surface area contributed by atoms with Gasteiger partial charge >= 0.3 is 6.03 Å². The summed E-state index contributed by atoms with van der Waals surface area (Å²) in [6.45, 7) is 0.0961. The highest BCUT2D eigenvalue weighted by molar-refractivity contribution is 6.19. The SMILES string of the molecule is CN1CC(=O)N(c2ccc(C#N)cc2)C1=O. The summed E-state index contributed by atoms with van der Waals surface area (Å²) in [6.07, 6.45) is 0. The third-order valence-corrected chi connectivity index (χ3v) is 2.39. The number of hydrogen-bond acceptors (Lipinski definition) is 3. The molecule has 1 aliphatic heterocycles. The van der Waals surface area contributed by atoms with Gasteiger partial charge in [-0.2, -0.15) is 5.26 Å². The Labute approximate surface area is 92.5 Å². The van der Waals surface area contributed by atoms with Crippen LogP contribution in [-0.2, 0) is 4.79 Å². The van der Waals surface area contributed by atoms with E-state index in [1.165, 1.54) is 4.90 Å². The number of imide groups is 1. The fourth-order valence-electron chi connectivity index (χ4n) is 1.56. The maximum Gasteiger partial charge on any atom is 0.331 e. The lowest BCUT2D eigenvalue weighted by molar-refractivity contribution is -0.116. The normalized spacial score (nSPS) is 15.5. The van der Waals surface area contributed by atoms with Crippen molar-refractivity contribution in [2.45, 2.75) is 0 Å². The molecule has 1 aromatic rings. The maximum atomic E-state index is 11.6. The van der Waals surface area contributed by atoms with Gasteiger partial charge in [-0.05, 0) is 24.3 Å². The van der Waals surface area contributed by atoms with E-state index in [-0.39, 0.29) is 18.5 Å². The van der Waals surface area contributed by atoms with Crippen molar-refractivity contribution in [1.29, 1.82) is 5.26 Å². The van der Waals surface area contributed by atoms with Gasteiger partial charge in [0, 0.05) is 7.05 Å². The molecule has 0 bridgehead atoms. The monoisotopic (exact) mass is 215 g/mol. The number of rotatable bonds is 1. The van der Waals surface area contributed by atoms with Crippen molar-refractivity contribution < 1.29 is 9.59 Å². The molecule has 0 spiro atoms. The second kappa shape index (κ2) is 3.66. The lowest BCUT2D eigenvalue weighted by Crippen LogP contribution is -2.31. The Balaban J connectivity index is 2.34. The van der Waals surface area contributed by atoms with E-state index in [0.29, 0.717) is 11.3 Å². The third-order valence-electron chi connectivity index (χ3n) is 2.39. The molecule has 3 amide bonds. The molecule has 0 saturated carbocycles. The van der Waals surface area contributed by atoms with Crippen LogP contribution < -0.4 is 4.90 Å². The van der Waals surface area contributed by atoms with E-state index >= 15 is 0 Å². The molecule has 2 rings (SSSR count). The minimum Gasteiger partial charge on any atom is -0.318 e. The molecule has 5 heteroatoms. The van der Waals surface area contributed by atoms with Crippen molar-refractivity contribution in [2.75, 3.05) is 18.5 Å². The fourth-order valence-corrected chi connectivity index (χ4v) is 1.56. The number of carbonyl (C=O) groups excluding carboxylic acids is 2. The number of nitriles is 1. The van der Waals surface area contributed by atoms with Crippen LogP contribution in [0.1, 0.15) is 5.56 Å². The zero-order chi connectivity index (χ0) is 11.7. The van der Waals surface area contributed by atoms with Crippen LogP contribution in [0.2, 0.25) is 0 Å². The van der Waals surface area contributed by atoms with Crippen LogP contribution in [0.5, 0.6) is 0 Å². The van der Waals surface area contributed by atoms with Crippen LogP contribution in [0.25, 0.3) is 0 Å². The molecule has 80 valence electrons. The lowest BCUT2D eigenvalue weighted by Gasteiger charge is -2.13. The molecule has 16 heavy (non-hydrogen) atoms. The van der Waals surface area contributed by atoms with Crippen LogP contribution in [0.4, 0.5) is 10.5 Å². The number of likely N-dealkylation sites (N-methyl/N-ethyl adjacent to an activating group) is 1. The number of nitrogens with zero attached hydrogens (tertiary/aromatic N) is 3. The summed E-state index contributed by atoms with van der Waals surface area (Å²) in [7, 11) is 1.57. The Hall–Kier alpha value is -2.35. The summed E-state index contributed by atoms with van der Waals surface area (Å²) < 4.78 is 0.